The van der Waals surface area contributed by atoms with Crippen molar-refractivity contribution in [1.29, 1.82) is 0 Å². The molecule has 4 rings (SSSR count). The summed E-state index contributed by atoms with van der Waals surface area (Å²) in [6.45, 7) is 4.09. The van der Waals surface area contributed by atoms with Gasteiger partial charge in [-0.15, -0.1) is 11.3 Å². The monoisotopic (exact) mass is 457 g/mol. The molecule has 0 bridgehead atoms. The molecule has 1 N–H and O–H groups in total. The number of pyridine rings is 2. The lowest BCUT2D eigenvalue weighted by Gasteiger charge is -2.16. The molecule has 0 radical (unpaired) electrons. The van der Waals surface area contributed by atoms with Crippen LogP contribution in [0.15, 0.2) is 58.0 Å². The fourth-order valence-electron chi connectivity index (χ4n) is 3.25. The smallest absolute Gasteiger partial charge is 0.318 e. The number of thiophene rings is 1. The van der Waals surface area contributed by atoms with Gasteiger partial charge in [0.2, 0.25) is 9.84 Å². The van der Waals surface area contributed by atoms with Crippen LogP contribution in [0.3, 0.4) is 0 Å². The number of hydrogen-bond acceptors (Lipinski definition) is 7. The van der Waals surface area contributed by atoms with Crippen LogP contribution in [-0.2, 0) is 29.5 Å². The highest BCUT2D eigenvalue weighted by atomic mass is 32.2. The van der Waals surface area contributed by atoms with E-state index in [-0.39, 0.29) is 21.7 Å². The lowest BCUT2D eigenvalue weighted by molar-refractivity contribution is 0.198. The number of hydrogen-bond donors (Lipinski definition) is 1. The van der Waals surface area contributed by atoms with Gasteiger partial charge in [0, 0.05) is 45.3 Å². The maximum absolute atomic E-state index is 12.9. The first-order chi connectivity index (χ1) is 14.9. The number of urea groups is 1. The van der Waals surface area contributed by atoms with Crippen molar-refractivity contribution in [3.8, 4) is 0 Å². The summed E-state index contributed by atoms with van der Waals surface area (Å²) in [6, 6.07) is 8.32. The minimum absolute atomic E-state index is 0.137. The third kappa shape index (κ3) is 4.40. The Morgan fingerprint density at radius 2 is 1.97 bits per heavy atom. The van der Waals surface area contributed by atoms with Crippen molar-refractivity contribution in [3.05, 3.63) is 65.7 Å². The van der Waals surface area contributed by atoms with Gasteiger partial charge in [0.15, 0.2) is 0 Å². The maximum atomic E-state index is 12.9. The van der Waals surface area contributed by atoms with E-state index >= 15 is 0 Å². The van der Waals surface area contributed by atoms with E-state index in [1.807, 2.05) is 31.0 Å². The van der Waals surface area contributed by atoms with E-state index in [4.69, 9.17) is 0 Å². The molecule has 31 heavy (non-hydrogen) atoms. The van der Waals surface area contributed by atoms with E-state index < -0.39 is 9.84 Å². The van der Waals surface area contributed by atoms with Gasteiger partial charge in [-0.25, -0.2) is 13.2 Å². The Bertz CT molecular complexity index is 1170. The van der Waals surface area contributed by atoms with E-state index in [1.54, 1.807) is 29.4 Å². The molecule has 0 unspecified atom stereocenters. The van der Waals surface area contributed by atoms with Crippen molar-refractivity contribution >= 4 is 32.2 Å². The van der Waals surface area contributed by atoms with Crippen LogP contribution >= 0.6 is 11.3 Å². The van der Waals surface area contributed by atoms with Gasteiger partial charge in [-0.3, -0.25) is 9.97 Å². The van der Waals surface area contributed by atoms with Crippen molar-refractivity contribution in [2.45, 2.75) is 35.7 Å². The number of carbonyl (C=O) groups excluding carboxylic acids is 1. The highest BCUT2D eigenvalue weighted by Gasteiger charge is 2.24. The molecular formula is C21H23N5O3S2. The zero-order valence-electron chi connectivity index (χ0n) is 17.3. The number of sulfone groups is 1. The van der Waals surface area contributed by atoms with E-state index in [1.165, 1.54) is 23.6 Å². The van der Waals surface area contributed by atoms with Crippen molar-refractivity contribution in [2.75, 3.05) is 18.5 Å². The summed E-state index contributed by atoms with van der Waals surface area (Å²) in [5, 5.41) is 3.74. The summed E-state index contributed by atoms with van der Waals surface area (Å²) >= 11 is 1.24. The number of rotatable bonds is 6. The first kappa shape index (κ1) is 21.3. The van der Waals surface area contributed by atoms with E-state index in [2.05, 4.69) is 15.3 Å². The fraction of sp³-hybridized carbons (Fsp3) is 0.286. The van der Waals surface area contributed by atoms with Crippen molar-refractivity contribution < 1.29 is 13.2 Å². The quantitative estimate of drug-likeness (QED) is 0.611. The predicted octanol–water partition coefficient (Wildman–Crippen LogP) is 3.05. The normalized spacial score (nSPS) is 13.2. The number of anilines is 1. The summed E-state index contributed by atoms with van der Waals surface area (Å²) in [7, 11) is -1.70. The zero-order chi connectivity index (χ0) is 22.0. The van der Waals surface area contributed by atoms with Gasteiger partial charge in [0.05, 0.1) is 22.1 Å². The van der Waals surface area contributed by atoms with Gasteiger partial charge in [0.25, 0.3) is 0 Å². The second kappa shape index (κ2) is 8.64. The topological polar surface area (TPSA) is 95.5 Å². The molecule has 3 aromatic rings. The highest BCUT2D eigenvalue weighted by Crippen LogP contribution is 2.32. The van der Waals surface area contributed by atoms with Crippen molar-refractivity contribution in [1.82, 2.24) is 20.2 Å². The number of fused-ring (bicyclic) bond motifs is 1. The Morgan fingerprint density at radius 3 is 2.68 bits per heavy atom. The molecule has 0 atom stereocenters. The number of amides is 2. The molecule has 0 spiro atoms. The second-order valence-electron chi connectivity index (χ2n) is 7.25. The maximum Gasteiger partial charge on any atom is 0.318 e. The summed E-state index contributed by atoms with van der Waals surface area (Å²) < 4.78 is 26.1. The fourth-order valence-corrected chi connectivity index (χ4v) is 5.91. The molecule has 0 aromatic carbocycles. The standard InChI is InChI=1S/C21H23N5O3S2/c1-3-25(2)19-6-7-20(30-19)31(28,29)18-5-4-17(23-12-18)11-24-21(27)26-13-15-8-9-22-10-16(15)14-26/h4-10,12H,3,11,13-14H2,1-2H3,(H,24,27). The van der Waals surface area contributed by atoms with Gasteiger partial charge < -0.3 is 15.1 Å². The second-order valence-corrected chi connectivity index (χ2v) is 10.5. The van der Waals surface area contributed by atoms with E-state index in [9.17, 15) is 13.2 Å². The van der Waals surface area contributed by atoms with Crippen molar-refractivity contribution in [2.24, 2.45) is 0 Å². The van der Waals surface area contributed by atoms with Gasteiger partial charge >= 0.3 is 6.03 Å². The molecule has 162 valence electrons. The highest BCUT2D eigenvalue weighted by molar-refractivity contribution is 7.93. The number of carbonyl (C=O) groups is 1. The molecule has 1 aliphatic rings. The number of nitrogens with zero attached hydrogens (tertiary/aromatic N) is 4. The summed E-state index contributed by atoms with van der Waals surface area (Å²) in [6.07, 6.45) is 4.84. The van der Waals surface area contributed by atoms with Crippen LogP contribution in [0.1, 0.15) is 23.7 Å². The Labute approximate surface area is 185 Å². The predicted molar refractivity (Wildman–Crippen MR) is 119 cm³/mol. The lowest BCUT2D eigenvalue weighted by Crippen LogP contribution is -2.36. The minimum Gasteiger partial charge on any atom is -0.367 e. The molecule has 8 nitrogen and oxygen atoms in total. The largest absolute Gasteiger partial charge is 0.367 e. The van der Waals surface area contributed by atoms with E-state index in [0.717, 1.165) is 22.7 Å². The molecule has 0 saturated carbocycles. The van der Waals surface area contributed by atoms with Crippen LogP contribution in [0.25, 0.3) is 0 Å². The van der Waals surface area contributed by atoms with E-state index in [0.29, 0.717) is 18.8 Å². The van der Waals surface area contributed by atoms with Crippen LogP contribution in [0.2, 0.25) is 0 Å². The van der Waals surface area contributed by atoms with Crippen LogP contribution in [0.5, 0.6) is 0 Å². The SMILES string of the molecule is CCN(C)c1ccc(S(=O)(=O)c2ccc(CNC(=O)N3Cc4ccncc4C3)nc2)s1. The van der Waals surface area contributed by atoms with Gasteiger partial charge in [-0.05, 0) is 48.4 Å². The molecule has 10 heteroatoms. The molecule has 0 fully saturated rings. The summed E-state index contributed by atoms with van der Waals surface area (Å²) in [5.41, 5.74) is 2.73. The lowest BCUT2D eigenvalue weighted by atomic mass is 10.2. The average Bonchev–Trinajstić information content (AvgIpc) is 3.45. The Morgan fingerprint density at radius 1 is 1.16 bits per heavy atom. The van der Waals surface area contributed by atoms with Crippen LogP contribution in [-0.4, -0.2) is 42.9 Å². The van der Waals surface area contributed by atoms with Gasteiger partial charge in [-0.2, -0.15) is 0 Å². The molecule has 2 amide bonds. The van der Waals surface area contributed by atoms with Crippen LogP contribution < -0.4 is 10.2 Å². The Hall–Kier alpha value is -2.98. The molecule has 0 saturated heterocycles. The number of nitrogens with one attached hydrogen (secondary N) is 1. The molecule has 3 aromatic heterocycles. The third-order valence-corrected chi connectivity index (χ3v) is 8.66. The minimum atomic E-state index is -3.62. The molecular weight excluding hydrogens is 434 g/mol. The Balaban J connectivity index is 1.38. The average molecular weight is 458 g/mol. The summed E-state index contributed by atoms with van der Waals surface area (Å²) in [5.74, 6) is 0. The first-order valence-corrected chi connectivity index (χ1v) is 12.1. The van der Waals surface area contributed by atoms with Crippen LogP contribution in [0.4, 0.5) is 9.80 Å². The molecule has 1 aliphatic heterocycles. The molecule has 4 heterocycles. The van der Waals surface area contributed by atoms with Crippen molar-refractivity contribution in [3.63, 3.8) is 0 Å². The third-order valence-electron chi connectivity index (χ3n) is 5.23. The first-order valence-electron chi connectivity index (χ1n) is 9.84. The summed E-state index contributed by atoms with van der Waals surface area (Å²) in [4.78, 5) is 24.6. The van der Waals surface area contributed by atoms with Gasteiger partial charge in [-0.1, -0.05) is 0 Å². The van der Waals surface area contributed by atoms with Crippen LogP contribution in [0, 0.1) is 0 Å². The Kier molecular flexibility index (Phi) is 5.92. The molecule has 0 aliphatic carbocycles. The number of aromatic nitrogens is 2. The zero-order valence-corrected chi connectivity index (χ0v) is 18.9. The van der Waals surface area contributed by atoms with Gasteiger partial charge in [0.1, 0.15) is 4.21 Å².